The van der Waals surface area contributed by atoms with Crippen LogP contribution >= 0.6 is 8.22 Å². The maximum absolute atomic E-state index is 5.35. The highest BCUT2D eigenvalue weighted by Gasteiger charge is 2.35. The SMILES string of the molecule is C=N/C=C(\N=CN(C1=CC=CCC1)c1ccccc1)P(N(c1ccccc1)c1ccccc1)N(c1ccccc1)C1C=CC=CC1. The Hall–Kier alpha value is -5.25. The van der Waals surface area contributed by atoms with E-state index in [1.807, 2.05) is 18.6 Å². The molecule has 0 heterocycles. The average Bonchev–Trinajstić information content (AvgIpc) is 3.14. The first-order chi connectivity index (χ1) is 22.8. The average molecular weight is 620 g/mol. The van der Waals surface area contributed by atoms with Gasteiger partial charge in [0.1, 0.15) is 11.8 Å². The normalized spacial score (nSPS) is 16.6. The van der Waals surface area contributed by atoms with Gasteiger partial charge in [-0.25, -0.2) is 4.99 Å². The van der Waals surface area contributed by atoms with Gasteiger partial charge in [0.05, 0.1) is 12.2 Å². The van der Waals surface area contributed by atoms with Gasteiger partial charge in [0.2, 0.25) is 0 Å². The quantitative estimate of drug-likeness (QED) is 0.0899. The van der Waals surface area contributed by atoms with Gasteiger partial charge in [-0.2, -0.15) is 0 Å². The van der Waals surface area contributed by atoms with Crippen molar-refractivity contribution in [3.63, 3.8) is 0 Å². The van der Waals surface area contributed by atoms with Gasteiger partial charge in [-0.15, -0.1) is 0 Å². The molecule has 2 aliphatic rings. The van der Waals surface area contributed by atoms with Crippen molar-refractivity contribution >= 4 is 44.0 Å². The zero-order chi connectivity index (χ0) is 31.4. The Morgan fingerprint density at radius 3 is 1.80 bits per heavy atom. The molecule has 0 spiro atoms. The summed E-state index contributed by atoms with van der Waals surface area (Å²) >= 11 is 0. The molecule has 2 unspecified atom stereocenters. The molecule has 0 radical (unpaired) electrons. The molecule has 228 valence electrons. The molecule has 6 rings (SSSR count). The molecule has 0 bridgehead atoms. The first-order valence-corrected chi connectivity index (χ1v) is 16.9. The van der Waals surface area contributed by atoms with Crippen LogP contribution in [-0.2, 0) is 0 Å². The van der Waals surface area contributed by atoms with Crippen molar-refractivity contribution in [2.24, 2.45) is 9.98 Å². The third-order valence-corrected chi connectivity index (χ3v) is 10.2. The molecule has 4 aromatic rings. The number of rotatable bonds is 12. The molecule has 0 amide bonds. The summed E-state index contributed by atoms with van der Waals surface area (Å²) in [5.74, 6) is 0. The van der Waals surface area contributed by atoms with E-state index in [0.717, 1.165) is 47.5 Å². The fraction of sp³-hybridized carbons (Fsp3) is 0.100. The Kier molecular flexibility index (Phi) is 10.5. The van der Waals surface area contributed by atoms with Crippen LogP contribution in [0.3, 0.4) is 0 Å². The van der Waals surface area contributed by atoms with Crippen LogP contribution in [0, 0.1) is 0 Å². The van der Waals surface area contributed by atoms with E-state index >= 15 is 0 Å². The van der Waals surface area contributed by atoms with Crippen molar-refractivity contribution in [3.8, 4) is 0 Å². The third kappa shape index (κ3) is 7.34. The van der Waals surface area contributed by atoms with Crippen molar-refractivity contribution < 1.29 is 0 Å². The summed E-state index contributed by atoms with van der Waals surface area (Å²) in [7, 11) is -1.37. The van der Waals surface area contributed by atoms with E-state index < -0.39 is 8.22 Å². The van der Waals surface area contributed by atoms with Crippen LogP contribution < -0.4 is 14.2 Å². The van der Waals surface area contributed by atoms with Crippen LogP contribution in [0.15, 0.2) is 191 Å². The number of nitrogens with zero attached hydrogens (tertiary/aromatic N) is 5. The first kappa shape index (κ1) is 30.8. The molecule has 0 saturated carbocycles. The molecule has 0 aliphatic heterocycles. The van der Waals surface area contributed by atoms with Crippen molar-refractivity contribution in [1.29, 1.82) is 0 Å². The second kappa shape index (κ2) is 15.7. The lowest BCUT2D eigenvalue weighted by atomic mass is 10.1. The smallest absolute Gasteiger partial charge is 0.155 e. The number of anilines is 4. The van der Waals surface area contributed by atoms with Crippen molar-refractivity contribution in [3.05, 3.63) is 181 Å². The molecular weight excluding hydrogens is 581 g/mol. The molecule has 0 fully saturated rings. The van der Waals surface area contributed by atoms with Gasteiger partial charge in [0.25, 0.3) is 0 Å². The molecule has 0 N–H and O–H groups in total. The monoisotopic (exact) mass is 619 g/mol. The zero-order valence-corrected chi connectivity index (χ0v) is 26.7. The molecular formula is C40H38N5P. The van der Waals surface area contributed by atoms with Gasteiger partial charge < -0.3 is 9.57 Å². The summed E-state index contributed by atoms with van der Waals surface area (Å²) in [4.78, 5) is 11.9. The minimum Gasteiger partial charge on any atom is -0.321 e. The maximum atomic E-state index is 5.35. The lowest BCUT2D eigenvalue weighted by Gasteiger charge is -2.44. The molecule has 6 heteroatoms. The van der Waals surface area contributed by atoms with Crippen molar-refractivity contribution in [2.45, 2.75) is 25.3 Å². The Morgan fingerprint density at radius 1 is 0.696 bits per heavy atom. The number of allylic oxidation sites excluding steroid dienone is 6. The third-order valence-electron chi connectivity index (χ3n) is 7.74. The summed E-state index contributed by atoms with van der Waals surface area (Å²) in [5.41, 5.74) is 6.32. The van der Waals surface area contributed by atoms with Gasteiger partial charge >= 0.3 is 0 Å². The second-order valence-corrected chi connectivity index (χ2v) is 12.7. The first-order valence-electron chi connectivity index (χ1n) is 15.6. The van der Waals surface area contributed by atoms with Gasteiger partial charge in [0.15, 0.2) is 8.22 Å². The number of para-hydroxylation sites is 4. The second-order valence-electron chi connectivity index (χ2n) is 10.8. The Labute approximate surface area is 274 Å². The Balaban J connectivity index is 1.56. The van der Waals surface area contributed by atoms with E-state index in [2.05, 4.69) is 184 Å². The Morgan fingerprint density at radius 2 is 1.28 bits per heavy atom. The van der Waals surface area contributed by atoms with Crippen molar-refractivity contribution in [1.82, 2.24) is 0 Å². The van der Waals surface area contributed by atoms with Crippen LogP contribution in [0.1, 0.15) is 19.3 Å². The fourth-order valence-electron chi connectivity index (χ4n) is 5.61. The highest BCUT2D eigenvalue weighted by atomic mass is 31.1. The standard InChI is InChI=1S/C40H38N5P/c1-41-32-40(42-33-43(34-20-8-2-9-21-34)35-22-10-3-11-23-35)46(44(36-24-12-4-13-25-36)37-26-14-5-15-27-37)45(38-28-16-6-17-29-38)39-30-18-7-19-31-39/h2-10,12-22,24-30,32-33,39H,1,11,23,31H2/b40-32+,42-33?. The molecule has 0 saturated heterocycles. The van der Waals surface area contributed by atoms with E-state index in [4.69, 9.17) is 4.99 Å². The van der Waals surface area contributed by atoms with E-state index in [0.29, 0.717) is 0 Å². The Bertz CT molecular complexity index is 1710. The maximum Gasteiger partial charge on any atom is 0.155 e. The largest absolute Gasteiger partial charge is 0.321 e. The highest BCUT2D eigenvalue weighted by Crippen LogP contribution is 2.60. The number of hydrogen-bond donors (Lipinski definition) is 0. The summed E-state index contributed by atoms with van der Waals surface area (Å²) in [6.45, 7) is 3.92. The summed E-state index contributed by atoms with van der Waals surface area (Å²) < 4.78 is 4.93. The lowest BCUT2D eigenvalue weighted by molar-refractivity contribution is 0.819. The molecule has 46 heavy (non-hydrogen) atoms. The van der Waals surface area contributed by atoms with E-state index in [1.54, 1.807) is 0 Å². The topological polar surface area (TPSA) is 34.4 Å². The van der Waals surface area contributed by atoms with Gasteiger partial charge in [-0.05, 0) is 80.6 Å². The van der Waals surface area contributed by atoms with Crippen LogP contribution in [0.5, 0.6) is 0 Å². The predicted octanol–water partition coefficient (Wildman–Crippen LogP) is 10.8. The summed E-state index contributed by atoms with van der Waals surface area (Å²) in [6, 6.07) is 42.3. The molecule has 2 aliphatic carbocycles. The van der Waals surface area contributed by atoms with Crippen LogP contribution in [0.25, 0.3) is 0 Å². The summed E-state index contributed by atoms with van der Waals surface area (Å²) in [6.07, 6.45) is 21.9. The molecule has 5 nitrogen and oxygen atoms in total. The van der Waals surface area contributed by atoms with E-state index in [1.165, 1.54) is 5.70 Å². The van der Waals surface area contributed by atoms with E-state index in [9.17, 15) is 0 Å². The number of hydrogen-bond acceptors (Lipinski definition) is 4. The fourth-order valence-corrected chi connectivity index (χ4v) is 8.07. The van der Waals surface area contributed by atoms with Crippen molar-refractivity contribution in [2.75, 3.05) is 14.2 Å². The van der Waals surface area contributed by atoms with Gasteiger partial charge in [-0.3, -0.25) is 9.66 Å². The highest BCUT2D eigenvalue weighted by molar-refractivity contribution is 7.65. The molecule has 4 aromatic carbocycles. The predicted molar refractivity (Wildman–Crippen MR) is 199 cm³/mol. The van der Waals surface area contributed by atoms with Crippen LogP contribution in [0.2, 0.25) is 0 Å². The van der Waals surface area contributed by atoms with Crippen LogP contribution in [-0.4, -0.2) is 19.1 Å². The summed E-state index contributed by atoms with van der Waals surface area (Å²) in [5, 5.41) is 0. The van der Waals surface area contributed by atoms with Gasteiger partial charge in [-0.1, -0.05) is 109 Å². The number of aliphatic imine (C=N–C) groups is 2. The minimum atomic E-state index is -1.37. The minimum absolute atomic E-state index is 0.0910. The number of benzene rings is 4. The van der Waals surface area contributed by atoms with Gasteiger partial charge in [0, 0.05) is 28.4 Å². The molecule has 2 atom stereocenters. The molecule has 0 aromatic heterocycles. The lowest BCUT2D eigenvalue weighted by Crippen LogP contribution is -2.35. The van der Waals surface area contributed by atoms with E-state index in [-0.39, 0.29) is 6.04 Å². The van der Waals surface area contributed by atoms with Crippen LogP contribution in [0.4, 0.5) is 22.7 Å². The zero-order valence-electron chi connectivity index (χ0n) is 25.8.